The summed E-state index contributed by atoms with van der Waals surface area (Å²) in [5.41, 5.74) is 9.39. The van der Waals surface area contributed by atoms with Crippen molar-refractivity contribution in [2.75, 3.05) is 11.9 Å². The average molecular weight is 305 g/mol. The summed E-state index contributed by atoms with van der Waals surface area (Å²) in [7, 11) is 0. The van der Waals surface area contributed by atoms with Crippen LogP contribution in [0.2, 0.25) is 0 Å². The van der Waals surface area contributed by atoms with Gasteiger partial charge in [0, 0.05) is 16.7 Å². The second kappa shape index (κ2) is 6.03. The molecule has 2 nitrogen and oxygen atoms in total. The zero-order valence-electron chi connectivity index (χ0n) is 10.4. The maximum atomic E-state index is 5.87. The third-order valence-electron chi connectivity index (χ3n) is 2.91. The highest BCUT2D eigenvalue weighted by Crippen LogP contribution is 2.25. The van der Waals surface area contributed by atoms with E-state index in [1.165, 1.54) is 11.1 Å². The van der Waals surface area contributed by atoms with Crippen molar-refractivity contribution in [3.8, 4) is 0 Å². The van der Waals surface area contributed by atoms with Crippen molar-refractivity contribution in [1.82, 2.24) is 0 Å². The number of benzene rings is 2. The van der Waals surface area contributed by atoms with E-state index < -0.39 is 0 Å². The van der Waals surface area contributed by atoms with Crippen molar-refractivity contribution in [2.45, 2.75) is 13.0 Å². The molecule has 0 saturated heterocycles. The number of anilines is 1. The Balaban J connectivity index is 2.20. The van der Waals surface area contributed by atoms with Crippen molar-refractivity contribution in [3.63, 3.8) is 0 Å². The minimum absolute atomic E-state index is 0.114. The highest BCUT2D eigenvalue weighted by molar-refractivity contribution is 9.10. The van der Waals surface area contributed by atoms with Gasteiger partial charge in [-0.25, -0.2) is 0 Å². The van der Waals surface area contributed by atoms with Gasteiger partial charge in [-0.2, -0.15) is 0 Å². The summed E-state index contributed by atoms with van der Waals surface area (Å²) in [6, 6.07) is 16.6. The molecule has 0 radical (unpaired) electrons. The first-order chi connectivity index (χ1) is 8.70. The summed E-state index contributed by atoms with van der Waals surface area (Å²) in [4.78, 5) is 0. The van der Waals surface area contributed by atoms with Crippen molar-refractivity contribution >= 4 is 21.6 Å². The summed E-state index contributed by atoms with van der Waals surface area (Å²) in [6.45, 7) is 2.63. The number of halogens is 1. The number of hydrogen-bond donors (Lipinski definition) is 2. The van der Waals surface area contributed by atoms with Gasteiger partial charge in [-0.3, -0.25) is 0 Å². The normalized spacial score (nSPS) is 12.2. The first-order valence-corrected chi connectivity index (χ1v) is 6.77. The Morgan fingerprint density at radius 3 is 2.39 bits per heavy atom. The fourth-order valence-electron chi connectivity index (χ4n) is 1.87. The van der Waals surface area contributed by atoms with Crippen LogP contribution in [0, 0.1) is 6.92 Å². The molecule has 2 rings (SSSR count). The molecule has 1 unspecified atom stereocenters. The number of nitrogens with two attached hydrogens (primary N) is 1. The highest BCUT2D eigenvalue weighted by Gasteiger charge is 2.11. The zero-order chi connectivity index (χ0) is 13.0. The molecule has 0 saturated carbocycles. The van der Waals surface area contributed by atoms with Crippen LogP contribution in [0.15, 0.2) is 53.0 Å². The lowest BCUT2D eigenvalue weighted by Gasteiger charge is -2.20. The first kappa shape index (κ1) is 13.1. The van der Waals surface area contributed by atoms with Crippen molar-refractivity contribution in [2.24, 2.45) is 5.73 Å². The molecule has 0 aliphatic carbocycles. The summed E-state index contributed by atoms with van der Waals surface area (Å²) in [6.07, 6.45) is 0. The smallest absolute Gasteiger partial charge is 0.0647 e. The second-order valence-corrected chi connectivity index (χ2v) is 5.17. The van der Waals surface area contributed by atoms with Crippen LogP contribution >= 0.6 is 15.9 Å². The van der Waals surface area contributed by atoms with Crippen molar-refractivity contribution in [1.29, 1.82) is 0 Å². The second-order valence-electron chi connectivity index (χ2n) is 4.32. The summed E-state index contributed by atoms with van der Waals surface area (Å²) < 4.78 is 1.08. The van der Waals surface area contributed by atoms with Gasteiger partial charge in [0.2, 0.25) is 0 Å². The van der Waals surface area contributed by atoms with Gasteiger partial charge in [0.05, 0.1) is 6.04 Å². The number of aryl methyl sites for hydroxylation is 1. The maximum Gasteiger partial charge on any atom is 0.0647 e. The lowest BCUT2D eigenvalue weighted by atomic mass is 10.1. The number of hydrogen-bond acceptors (Lipinski definition) is 2. The van der Waals surface area contributed by atoms with Crippen LogP contribution in [0.25, 0.3) is 0 Å². The number of nitrogens with one attached hydrogen (secondary N) is 1. The molecule has 1 atom stereocenters. The van der Waals surface area contributed by atoms with E-state index >= 15 is 0 Å². The molecule has 2 aromatic rings. The van der Waals surface area contributed by atoms with Crippen molar-refractivity contribution in [3.05, 3.63) is 64.1 Å². The Hall–Kier alpha value is -1.32. The van der Waals surface area contributed by atoms with E-state index in [2.05, 4.69) is 58.5 Å². The molecule has 0 bridgehead atoms. The molecule has 2 aromatic carbocycles. The van der Waals surface area contributed by atoms with Gasteiger partial charge in [-0.1, -0.05) is 51.8 Å². The molecule has 0 aliphatic rings. The molecule has 0 heterocycles. The van der Waals surface area contributed by atoms with E-state index in [0.717, 1.165) is 10.2 Å². The summed E-state index contributed by atoms with van der Waals surface area (Å²) in [5, 5.41) is 3.46. The van der Waals surface area contributed by atoms with Gasteiger partial charge >= 0.3 is 0 Å². The van der Waals surface area contributed by atoms with Crippen LogP contribution in [0.1, 0.15) is 17.2 Å². The van der Waals surface area contributed by atoms with E-state index in [1.54, 1.807) is 0 Å². The zero-order valence-corrected chi connectivity index (χ0v) is 11.9. The van der Waals surface area contributed by atoms with E-state index in [-0.39, 0.29) is 6.04 Å². The largest absolute Gasteiger partial charge is 0.377 e. The monoisotopic (exact) mass is 304 g/mol. The molecular formula is C15H17BrN2. The van der Waals surface area contributed by atoms with E-state index in [0.29, 0.717) is 6.54 Å². The van der Waals surface area contributed by atoms with Gasteiger partial charge in [-0.15, -0.1) is 0 Å². The minimum atomic E-state index is 0.114. The molecule has 18 heavy (non-hydrogen) atoms. The third-order valence-corrected chi connectivity index (χ3v) is 3.63. The maximum absolute atomic E-state index is 5.87. The first-order valence-electron chi connectivity index (χ1n) is 5.98. The topological polar surface area (TPSA) is 38.0 Å². The standard InChI is InChI=1S/C15H17BrN2/c1-11-6-8-12(9-7-11)18-15(10-17)13-4-2-3-5-14(13)16/h2-9,15,18H,10,17H2,1H3. The van der Waals surface area contributed by atoms with Gasteiger partial charge in [0.25, 0.3) is 0 Å². The van der Waals surface area contributed by atoms with E-state index in [9.17, 15) is 0 Å². The molecule has 0 aromatic heterocycles. The van der Waals surface area contributed by atoms with Crippen molar-refractivity contribution < 1.29 is 0 Å². The Morgan fingerprint density at radius 1 is 1.11 bits per heavy atom. The SMILES string of the molecule is Cc1ccc(NC(CN)c2ccccc2Br)cc1. The Kier molecular flexibility index (Phi) is 4.39. The van der Waals surface area contributed by atoms with Crippen LogP contribution in [0.4, 0.5) is 5.69 Å². The lowest BCUT2D eigenvalue weighted by molar-refractivity contribution is 0.786. The predicted octanol–water partition coefficient (Wildman–Crippen LogP) is 3.87. The van der Waals surface area contributed by atoms with Gasteiger partial charge in [0.15, 0.2) is 0 Å². The number of rotatable bonds is 4. The van der Waals surface area contributed by atoms with Gasteiger partial charge in [0.1, 0.15) is 0 Å². The molecule has 3 N–H and O–H groups in total. The molecule has 0 aliphatic heterocycles. The lowest BCUT2D eigenvalue weighted by Crippen LogP contribution is -2.20. The van der Waals surface area contributed by atoms with Gasteiger partial charge < -0.3 is 11.1 Å². The highest BCUT2D eigenvalue weighted by atomic mass is 79.9. The molecular weight excluding hydrogens is 288 g/mol. The fraction of sp³-hybridized carbons (Fsp3) is 0.200. The molecule has 0 fully saturated rings. The quantitative estimate of drug-likeness (QED) is 0.900. The summed E-state index contributed by atoms with van der Waals surface area (Å²) >= 11 is 3.57. The molecule has 0 spiro atoms. The van der Waals surface area contributed by atoms with E-state index in [1.807, 2.05) is 18.2 Å². The Morgan fingerprint density at radius 2 is 1.78 bits per heavy atom. The molecule has 3 heteroatoms. The van der Waals surface area contributed by atoms with Gasteiger partial charge in [-0.05, 0) is 30.7 Å². The van der Waals surface area contributed by atoms with Crippen LogP contribution < -0.4 is 11.1 Å². The average Bonchev–Trinajstić information content (AvgIpc) is 2.39. The molecule has 0 amide bonds. The molecule has 94 valence electrons. The Bertz CT molecular complexity index is 508. The Labute approximate surface area is 116 Å². The van der Waals surface area contributed by atoms with Crippen LogP contribution in [0.5, 0.6) is 0 Å². The fourth-order valence-corrected chi connectivity index (χ4v) is 2.43. The summed E-state index contributed by atoms with van der Waals surface area (Å²) in [5.74, 6) is 0. The van der Waals surface area contributed by atoms with Crippen LogP contribution in [0.3, 0.4) is 0 Å². The minimum Gasteiger partial charge on any atom is -0.377 e. The van der Waals surface area contributed by atoms with Crippen LogP contribution in [-0.4, -0.2) is 6.54 Å². The van der Waals surface area contributed by atoms with E-state index in [4.69, 9.17) is 5.73 Å². The third kappa shape index (κ3) is 3.12. The predicted molar refractivity (Wildman–Crippen MR) is 80.7 cm³/mol. The van der Waals surface area contributed by atoms with Crippen LogP contribution in [-0.2, 0) is 0 Å².